The molecule has 3 N–H and O–H groups in total. The molecule has 0 radical (unpaired) electrons. The smallest absolute Gasteiger partial charge is 0.351 e. The zero-order valence-corrected chi connectivity index (χ0v) is 17.7. The Morgan fingerprint density at radius 3 is 2.08 bits per heavy atom. The summed E-state index contributed by atoms with van der Waals surface area (Å²) in [5, 5.41) is 14.7. The Labute approximate surface area is 171 Å². The summed E-state index contributed by atoms with van der Waals surface area (Å²) >= 11 is 3.70. The van der Waals surface area contributed by atoms with E-state index < -0.39 is 29.4 Å². The molecule has 1 heterocycles. The maximum atomic E-state index is 12.1. The van der Waals surface area contributed by atoms with Crippen LogP contribution in [0, 0.1) is 0 Å². The van der Waals surface area contributed by atoms with Gasteiger partial charge in [0, 0.05) is 25.8 Å². The molecule has 0 aromatic rings. The summed E-state index contributed by atoms with van der Waals surface area (Å²) in [5.74, 6) is -3.38. The van der Waals surface area contributed by atoms with Gasteiger partial charge in [-0.05, 0) is 12.8 Å². The number of nitrogens with one attached hydrogen (secondary N) is 2. The van der Waals surface area contributed by atoms with Crippen LogP contribution in [0.3, 0.4) is 0 Å². The van der Waals surface area contributed by atoms with Gasteiger partial charge >= 0.3 is 5.97 Å². The number of alkyl halides is 2. The number of halogens is 2. The first kappa shape index (κ1) is 22.1. The highest BCUT2D eigenvalue weighted by atomic mass is 127. The van der Waals surface area contributed by atoms with Gasteiger partial charge in [0.05, 0.1) is 8.86 Å². The molecule has 4 amide bonds. The lowest BCUT2D eigenvalue weighted by Gasteiger charge is -2.37. The molecular formula is C14H19I2N3O6. The second-order valence-electron chi connectivity index (χ2n) is 5.41. The molecule has 0 unspecified atom stereocenters. The number of hydrogen-bond donors (Lipinski definition) is 3. The van der Waals surface area contributed by atoms with E-state index in [2.05, 4.69) is 10.6 Å². The maximum Gasteiger partial charge on any atom is 0.351 e. The Kier molecular flexibility index (Phi) is 9.02. The lowest BCUT2D eigenvalue weighted by Crippen LogP contribution is -2.67. The first-order valence-electron chi connectivity index (χ1n) is 7.57. The van der Waals surface area contributed by atoms with E-state index in [1.54, 1.807) is 22.6 Å². The fraction of sp³-hybridized carbons (Fsp3) is 0.643. The van der Waals surface area contributed by atoms with E-state index >= 15 is 0 Å². The fourth-order valence-electron chi connectivity index (χ4n) is 2.53. The highest BCUT2D eigenvalue weighted by molar-refractivity contribution is 14.1. The molecule has 1 atom stereocenters. The maximum absolute atomic E-state index is 12.1. The summed E-state index contributed by atoms with van der Waals surface area (Å²) in [6.45, 7) is 0.347. The molecule has 0 saturated carbocycles. The third-order valence-corrected chi connectivity index (χ3v) is 5.05. The van der Waals surface area contributed by atoms with Crippen molar-refractivity contribution in [3.05, 3.63) is 0 Å². The van der Waals surface area contributed by atoms with Gasteiger partial charge in [-0.15, -0.1) is 0 Å². The average Bonchev–Trinajstić information content (AvgIpc) is 2.91. The summed E-state index contributed by atoms with van der Waals surface area (Å²) in [6, 6.07) is 0. The average molecular weight is 579 g/mol. The van der Waals surface area contributed by atoms with Crippen molar-refractivity contribution >= 4 is 74.8 Å². The quantitative estimate of drug-likeness (QED) is 0.147. The van der Waals surface area contributed by atoms with E-state index in [0.29, 0.717) is 28.7 Å². The summed E-state index contributed by atoms with van der Waals surface area (Å²) in [7, 11) is 0. The van der Waals surface area contributed by atoms with Crippen molar-refractivity contribution in [2.24, 2.45) is 0 Å². The Morgan fingerprint density at radius 2 is 1.60 bits per heavy atom. The lowest BCUT2D eigenvalue weighted by atomic mass is 9.99. The fourth-order valence-corrected chi connectivity index (χ4v) is 2.99. The summed E-state index contributed by atoms with van der Waals surface area (Å²) in [5.41, 5.74) is -2.08. The van der Waals surface area contributed by atoms with Crippen LogP contribution in [-0.2, 0) is 24.0 Å². The van der Waals surface area contributed by atoms with Crippen LogP contribution in [0.5, 0.6) is 0 Å². The topological polar surface area (TPSA) is 133 Å². The minimum Gasteiger partial charge on any atom is -0.478 e. The number of hydrogen-bond acceptors (Lipinski definition) is 5. The molecule has 0 aromatic heterocycles. The first-order chi connectivity index (χ1) is 11.8. The molecule has 1 rings (SSSR count). The monoisotopic (exact) mass is 579 g/mol. The van der Waals surface area contributed by atoms with Crippen LogP contribution < -0.4 is 10.6 Å². The van der Waals surface area contributed by atoms with Gasteiger partial charge in [0.15, 0.2) is 0 Å². The van der Waals surface area contributed by atoms with Gasteiger partial charge in [-0.25, -0.2) is 9.69 Å². The van der Waals surface area contributed by atoms with Crippen molar-refractivity contribution in [1.82, 2.24) is 15.5 Å². The van der Waals surface area contributed by atoms with Gasteiger partial charge < -0.3 is 15.7 Å². The Bertz CT molecular complexity index is 555. The summed E-state index contributed by atoms with van der Waals surface area (Å²) in [4.78, 5) is 59.7. The van der Waals surface area contributed by atoms with Crippen molar-refractivity contribution in [3.63, 3.8) is 0 Å². The minimum atomic E-state index is -2.08. The predicted molar refractivity (Wildman–Crippen MR) is 104 cm³/mol. The second-order valence-corrected chi connectivity index (χ2v) is 6.94. The Hall–Kier alpha value is -0.990. The van der Waals surface area contributed by atoms with Crippen molar-refractivity contribution < 1.29 is 29.1 Å². The van der Waals surface area contributed by atoms with Gasteiger partial charge in [-0.3, -0.25) is 19.2 Å². The minimum absolute atomic E-state index is 0.00523. The zero-order chi connectivity index (χ0) is 19.0. The van der Waals surface area contributed by atoms with Crippen LogP contribution in [-0.4, -0.2) is 60.7 Å². The van der Waals surface area contributed by atoms with Crippen LogP contribution in [0.4, 0.5) is 0 Å². The largest absolute Gasteiger partial charge is 0.478 e. The number of carbonyl (C=O) groups is 5. The number of rotatable bonds is 10. The highest BCUT2D eigenvalue weighted by Crippen LogP contribution is 2.27. The Balaban J connectivity index is 2.91. The molecule has 1 aliphatic rings. The predicted octanol–water partition coefficient (Wildman–Crippen LogP) is 0.189. The standard InChI is InChI=1S/C14H19I2N3O6/c15-7-9(20)17-6-2-1-5-14(13(24)25,18-10(21)8-16)19-11(22)3-4-12(19)23/h1-8H2,(H,17,20)(H,18,21)(H,24,25)/t14-/m0/s1. The third kappa shape index (κ3) is 5.76. The van der Waals surface area contributed by atoms with Gasteiger partial charge in [0.2, 0.25) is 29.3 Å². The SMILES string of the molecule is O=C(CI)NCCCC[C@@](NC(=O)CI)(C(=O)O)N1C(=O)CCC1=O. The van der Waals surface area contributed by atoms with E-state index in [9.17, 15) is 29.1 Å². The number of unbranched alkanes of at least 4 members (excludes halogenated alkanes) is 1. The number of aliphatic carboxylic acids is 1. The number of likely N-dealkylation sites (tertiary alicyclic amines) is 1. The molecular weight excluding hydrogens is 560 g/mol. The lowest BCUT2D eigenvalue weighted by molar-refractivity contribution is -0.167. The van der Waals surface area contributed by atoms with Crippen LogP contribution >= 0.6 is 45.2 Å². The van der Waals surface area contributed by atoms with Gasteiger partial charge in [-0.1, -0.05) is 45.2 Å². The van der Waals surface area contributed by atoms with E-state index in [4.69, 9.17) is 0 Å². The van der Waals surface area contributed by atoms with Crippen molar-refractivity contribution in [3.8, 4) is 0 Å². The molecule has 11 heteroatoms. The molecule has 0 spiro atoms. The van der Waals surface area contributed by atoms with Crippen LogP contribution in [0.2, 0.25) is 0 Å². The number of amides is 4. The molecule has 25 heavy (non-hydrogen) atoms. The molecule has 0 aromatic carbocycles. The number of carboxylic acid groups (broad SMARTS) is 1. The van der Waals surface area contributed by atoms with Gasteiger partial charge in [-0.2, -0.15) is 0 Å². The van der Waals surface area contributed by atoms with Gasteiger partial charge in [0.25, 0.3) is 0 Å². The van der Waals surface area contributed by atoms with E-state index in [1.807, 2.05) is 22.6 Å². The Morgan fingerprint density at radius 1 is 1.04 bits per heavy atom. The number of carbonyl (C=O) groups excluding carboxylic acids is 4. The zero-order valence-electron chi connectivity index (χ0n) is 13.3. The van der Waals surface area contributed by atoms with Crippen LogP contribution in [0.15, 0.2) is 0 Å². The van der Waals surface area contributed by atoms with E-state index in [1.165, 1.54) is 0 Å². The molecule has 1 saturated heterocycles. The second kappa shape index (κ2) is 10.2. The number of imide groups is 1. The van der Waals surface area contributed by atoms with E-state index in [0.717, 1.165) is 0 Å². The normalized spacial score (nSPS) is 16.5. The molecule has 1 aliphatic heterocycles. The highest BCUT2D eigenvalue weighted by Gasteiger charge is 2.52. The first-order valence-corrected chi connectivity index (χ1v) is 10.6. The van der Waals surface area contributed by atoms with Crippen molar-refractivity contribution in [1.29, 1.82) is 0 Å². The summed E-state index contributed by atoms with van der Waals surface area (Å²) in [6.07, 6.45) is 0.488. The number of nitrogens with zero attached hydrogens (tertiary/aromatic N) is 1. The third-order valence-electron chi connectivity index (χ3n) is 3.66. The molecule has 140 valence electrons. The van der Waals surface area contributed by atoms with Crippen molar-refractivity contribution in [2.75, 3.05) is 15.4 Å². The van der Waals surface area contributed by atoms with Crippen molar-refractivity contribution in [2.45, 2.75) is 37.8 Å². The van der Waals surface area contributed by atoms with Gasteiger partial charge in [0.1, 0.15) is 0 Å². The molecule has 0 aliphatic carbocycles. The van der Waals surface area contributed by atoms with Crippen LogP contribution in [0.1, 0.15) is 32.1 Å². The van der Waals surface area contributed by atoms with Crippen LogP contribution in [0.25, 0.3) is 0 Å². The molecule has 9 nitrogen and oxygen atoms in total. The number of carboxylic acids is 1. The molecule has 0 bridgehead atoms. The molecule has 1 fully saturated rings. The summed E-state index contributed by atoms with van der Waals surface area (Å²) < 4.78 is 0.314. The van der Waals surface area contributed by atoms with E-state index in [-0.39, 0.29) is 29.6 Å².